The molecule has 0 aliphatic heterocycles. The van der Waals surface area contributed by atoms with Gasteiger partial charge in [0, 0.05) is 11.8 Å². The fourth-order valence-corrected chi connectivity index (χ4v) is 3.13. The third-order valence-corrected chi connectivity index (χ3v) is 4.36. The Hall–Kier alpha value is -3.73. The van der Waals surface area contributed by atoms with E-state index in [4.69, 9.17) is 9.47 Å². The van der Waals surface area contributed by atoms with Crippen LogP contribution in [0.5, 0.6) is 5.75 Å². The van der Waals surface area contributed by atoms with Crippen molar-refractivity contribution in [2.45, 2.75) is 40.2 Å². The molecular formula is C22H24N4O4. The summed E-state index contributed by atoms with van der Waals surface area (Å²) in [5.41, 5.74) is -0.0712. The molecule has 8 nitrogen and oxygen atoms in total. The van der Waals surface area contributed by atoms with E-state index in [0.717, 1.165) is 0 Å². The van der Waals surface area contributed by atoms with Gasteiger partial charge in [-0.15, -0.1) is 0 Å². The largest absolute Gasteiger partial charge is 0.494 e. The van der Waals surface area contributed by atoms with Crippen molar-refractivity contribution in [1.29, 1.82) is 5.26 Å². The van der Waals surface area contributed by atoms with Crippen LogP contribution in [0.2, 0.25) is 0 Å². The average molecular weight is 408 g/mol. The van der Waals surface area contributed by atoms with Gasteiger partial charge in [-0.2, -0.15) is 5.26 Å². The summed E-state index contributed by atoms with van der Waals surface area (Å²) >= 11 is 0. The number of hydrogen-bond acceptors (Lipinski definition) is 5. The number of carbonyl (C=O) groups is 1. The number of rotatable bonds is 4. The van der Waals surface area contributed by atoms with Crippen LogP contribution in [0.25, 0.3) is 5.52 Å². The number of carbonyl (C=O) groups excluding carboxylic acids is 1. The van der Waals surface area contributed by atoms with Crippen molar-refractivity contribution < 1.29 is 14.3 Å². The van der Waals surface area contributed by atoms with Crippen LogP contribution in [0.3, 0.4) is 0 Å². The van der Waals surface area contributed by atoms with Gasteiger partial charge in [0.15, 0.2) is 0 Å². The second-order valence-corrected chi connectivity index (χ2v) is 7.69. The van der Waals surface area contributed by atoms with Gasteiger partial charge in [-0.3, -0.25) is 9.89 Å². The van der Waals surface area contributed by atoms with E-state index in [-0.39, 0.29) is 16.9 Å². The standard InChI is InChI=1S/C22H24N4O4/c1-6-29-16-9-7-15(8-10-16)25(21(28)30-22(3,4)5)20-14(2)19(27)17(13-23)18-11-12-24-26(18)20/h7-12,24H,6H2,1-5H3. The third kappa shape index (κ3) is 3.87. The number of fused-ring (bicyclic) bond motifs is 1. The number of hydrogen-bond donors (Lipinski definition) is 1. The molecule has 0 atom stereocenters. The molecule has 1 N–H and O–H groups in total. The van der Waals surface area contributed by atoms with Gasteiger partial charge in [0.2, 0.25) is 5.43 Å². The van der Waals surface area contributed by atoms with Gasteiger partial charge in [-0.05, 0) is 65.0 Å². The van der Waals surface area contributed by atoms with Gasteiger partial charge in [0.05, 0.1) is 17.8 Å². The molecule has 0 fully saturated rings. The van der Waals surface area contributed by atoms with E-state index in [1.165, 1.54) is 9.42 Å². The van der Waals surface area contributed by atoms with Crippen molar-refractivity contribution in [3.8, 4) is 11.8 Å². The van der Waals surface area contributed by atoms with E-state index < -0.39 is 17.1 Å². The minimum absolute atomic E-state index is 0.00772. The molecule has 0 spiro atoms. The highest BCUT2D eigenvalue weighted by Crippen LogP contribution is 2.31. The molecule has 0 saturated carbocycles. The topological polar surface area (TPSA) is 99.8 Å². The van der Waals surface area contributed by atoms with E-state index in [1.54, 1.807) is 64.2 Å². The summed E-state index contributed by atoms with van der Waals surface area (Å²) < 4.78 is 12.6. The number of benzene rings is 1. The average Bonchev–Trinajstić information content (AvgIpc) is 3.14. The highest BCUT2D eigenvalue weighted by atomic mass is 16.6. The maximum absolute atomic E-state index is 13.2. The Bertz CT molecular complexity index is 1180. The Morgan fingerprint density at radius 2 is 1.90 bits per heavy atom. The highest BCUT2D eigenvalue weighted by Gasteiger charge is 2.30. The Kier molecular flexibility index (Phi) is 5.56. The number of nitrogens with one attached hydrogen (secondary N) is 1. The summed E-state index contributed by atoms with van der Waals surface area (Å²) in [4.78, 5) is 27.4. The van der Waals surface area contributed by atoms with Gasteiger partial charge in [-0.1, -0.05) is 0 Å². The molecule has 0 aliphatic rings. The van der Waals surface area contributed by atoms with Crippen LogP contribution < -0.4 is 15.1 Å². The van der Waals surface area contributed by atoms with E-state index in [9.17, 15) is 14.9 Å². The smallest absolute Gasteiger partial charge is 0.420 e. The second kappa shape index (κ2) is 7.95. The summed E-state index contributed by atoms with van der Waals surface area (Å²) in [6.07, 6.45) is 0.951. The zero-order valence-electron chi connectivity index (χ0n) is 17.6. The molecule has 3 aromatic rings. The molecule has 1 aromatic carbocycles. The molecule has 8 heteroatoms. The van der Waals surface area contributed by atoms with Crippen LogP contribution in [-0.2, 0) is 4.74 Å². The molecule has 30 heavy (non-hydrogen) atoms. The number of ether oxygens (including phenoxy) is 2. The third-order valence-electron chi connectivity index (χ3n) is 4.36. The number of aromatic amines is 1. The van der Waals surface area contributed by atoms with Crippen molar-refractivity contribution in [2.75, 3.05) is 11.5 Å². The van der Waals surface area contributed by atoms with Gasteiger partial charge >= 0.3 is 6.09 Å². The molecule has 2 heterocycles. The summed E-state index contributed by atoms with van der Waals surface area (Å²) in [6.45, 7) is 9.28. The molecule has 1 amide bonds. The van der Waals surface area contributed by atoms with Crippen LogP contribution in [0, 0.1) is 18.3 Å². The molecular weight excluding hydrogens is 384 g/mol. The monoisotopic (exact) mass is 408 g/mol. The number of aromatic nitrogens is 2. The summed E-state index contributed by atoms with van der Waals surface area (Å²) in [7, 11) is 0. The molecule has 0 bridgehead atoms. The van der Waals surface area contributed by atoms with Crippen molar-refractivity contribution in [3.63, 3.8) is 0 Å². The van der Waals surface area contributed by atoms with Crippen molar-refractivity contribution >= 4 is 23.1 Å². The highest BCUT2D eigenvalue weighted by molar-refractivity contribution is 5.96. The molecule has 0 unspecified atom stereocenters. The van der Waals surface area contributed by atoms with Crippen LogP contribution >= 0.6 is 0 Å². The maximum atomic E-state index is 13.2. The Balaban J connectivity index is 2.27. The van der Waals surface area contributed by atoms with Crippen LogP contribution in [0.15, 0.2) is 41.3 Å². The summed E-state index contributed by atoms with van der Waals surface area (Å²) in [6, 6.07) is 10.5. The predicted molar refractivity (Wildman–Crippen MR) is 113 cm³/mol. The van der Waals surface area contributed by atoms with Crippen LogP contribution in [-0.4, -0.2) is 27.9 Å². The molecule has 0 saturated heterocycles. The lowest BCUT2D eigenvalue weighted by atomic mass is 10.1. The van der Waals surface area contributed by atoms with E-state index in [2.05, 4.69) is 5.10 Å². The van der Waals surface area contributed by atoms with Gasteiger partial charge in [0.25, 0.3) is 0 Å². The van der Waals surface area contributed by atoms with Crippen LogP contribution in [0.1, 0.15) is 38.8 Å². The molecule has 156 valence electrons. The lowest BCUT2D eigenvalue weighted by molar-refractivity contribution is 0.0597. The zero-order chi connectivity index (χ0) is 22.1. The minimum atomic E-state index is -0.749. The fourth-order valence-electron chi connectivity index (χ4n) is 3.13. The Morgan fingerprint density at radius 1 is 1.23 bits per heavy atom. The van der Waals surface area contributed by atoms with E-state index in [0.29, 0.717) is 23.6 Å². The lowest BCUT2D eigenvalue weighted by Crippen LogP contribution is -2.36. The number of nitriles is 1. The maximum Gasteiger partial charge on any atom is 0.420 e. The van der Waals surface area contributed by atoms with Gasteiger partial charge in [0.1, 0.15) is 28.8 Å². The lowest BCUT2D eigenvalue weighted by Gasteiger charge is -2.29. The number of nitrogens with zero attached hydrogens (tertiary/aromatic N) is 3. The first kappa shape index (κ1) is 21.0. The van der Waals surface area contributed by atoms with Gasteiger partial charge < -0.3 is 9.47 Å². The quantitative estimate of drug-likeness (QED) is 0.694. The number of pyridine rings is 1. The van der Waals surface area contributed by atoms with Crippen LogP contribution in [0.4, 0.5) is 16.3 Å². The van der Waals surface area contributed by atoms with Crippen molar-refractivity contribution in [1.82, 2.24) is 9.61 Å². The number of H-pyrrole nitrogens is 1. The normalized spacial score (nSPS) is 11.2. The fraction of sp³-hybridized carbons (Fsp3) is 0.318. The summed E-state index contributed by atoms with van der Waals surface area (Å²) in [5, 5.41) is 12.4. The zero-order valence-corrected chi connectivity index (χ0v) is 17.6. The van der Waals surface area contributed by atoms with Crippen molar-refractivity contribution in [3.05, 3.63) is 57.9 Å². The van der Waals surface area contributed by atoms with E-state index >= 15 is 0 Å². The SMILES string of the molecule is CCOc1ccc(N(C(=O)OC(C)(C)C)c2c(C)c(=O)c(C#N)c3cc[nH]n23)cc1. The predicted octanol–water partition coefficient (Wildman–Crippen LogP) is 4.28. The summed E-state index contributed by atoms with van der Waals surface area (Å²) in [5.74, 6) is 0.932. The van der Waals surface area contributed by atoms with Gasteiger partial charge in [-0.25, -0.2) is 14.2 Å². The molecule has 0 aliphatic carbocycles. The first-order valence-corrected chi connectivity index (χ1v) is 9.56. The Labute approximate surface area is 174 Å². The Morgan fingerprint density at radius 3 is 2.47 bits per heavy atom. The minimum Gasteiger partial charge on any atom is -0.494 e. The van der Waals surface area contributed by atoms with Crippen molar-refractivity contribution in [2.24, 2.45) is 0 Å². The number of amides is 1. The number of anilines is 2. The molecule has 2 aromatic heterocycles. The first-order chi connectivity index (χ1) is 14.2. The first-order valence-electron chi connectivity index (χ1n) is 9.56. The van der Waals surface area contributed by atoms with E-state index in [1.807, 2.05) is 13.0 Å². The second-order valence-electron chi connectivity index (χ2n) is 7.69. The molecule has 0 radical (unpaired) electrons. The molecule has 3 rings (SSSR count).